The molecule has 0 N–H and O–H groups in total. The smallest absolute Gasteiger partial charge is 0.163 e. The number of benzene rings is 1. The van der Waals surface area contributed by atoms with E-state index in [1.807, 2.05) is 24.3 Å². The topological polar surface area (TPSA) is 17.1 Å². The molecule has 0 radical (unpaired) electrons. The molecule has 0 saturated heterocycles. The lowest BCUT2D eigenvalue weighted by atomic mass is 9.98. The van der Waals surface area contributed by atoms with Gasteiger partial charge in [0.05, 0.1) is 0 Å². The SMILES string of the molecule is CC[C@H](C)CC(=O)c1ccc(Br)cc1. The number of Topliss-reactive ketones (excluding diaryl/α,β-unsaturated/α-hetero) is 1. The van der Waals surface area contributed by atoms with E-state index in [2.05, 4.69) is 29.8 Å². The summed E-state index contributed by atoms with van der Waals surface area (Å²) >= 11 is 3.35. The molecule has 1 rings (SSSR count). The van der Waals surface area contributed by atoms with E-state index in [4.69, 9.17) is 0 Å². The molecule has 0 aliphatic carbocycles. The van der Waals surface area contributed by atoms with Crippen LogP contribution in [0.1, 0.15) is 37.0 Å². The van der Waals surface area contributed by atoms with E-state index in [1.54, 1.807) is 0 Å². The third-order valence-electron chi connectivity index (χ3n) is 2.40. The minimum absolute atomic E-state index is 0.242. The van der Waals surface area contributed by atoms with Gasteiger partial charge in [-0.3, -0.25) is 4.79 Å². The second-order valence-electron chi connectivity index (χ2n) is 3.65. The van der Waals surface area contributed by atoms with Crippen molar-refractivity contribution < 1.29 is 4.79 Å². The van der Waals surface area contributed by atoms with Gasteiger partial charge < -0.3 is 0 Å². The van der Waals surface area contributed by atoms with Gasteiger partial charge in [0.1, 0.15) is 0 Å². The fourth-order valence-electron chi connectivity index (χ4n) is 1.21. The maximum absolute atomic E-state index is 11.7. The van der Waals surface area contributed by atoms with E-state index >= 15 is 0 Å². The standard InChI is InChI=1S/C12H15BrO/c1-3-9(2)8-12(14)10-4-6-11(13)7-5-10/h4-7,9H,3,8H2,1-2H3/t9-/m0/s1. The van der Waals surface area contributed by atoms with Crippen LogP contribution in [-0.4, -0.2) is 5.78 Å². The molecule has 0 fully saturated rings. The summed E-state index contributed by atoms with van der Waals surface area (Å²) < 4.78 is 1.01. The Hall–Kier alpha value is -0.630. The number of hydrogen-bond acceptors (Lipinski definition) is 1. The van der Waals surface area contributed by atoms with Gasteiger partial charge >= 0.3 is 0 Å². The van der Waals surface area contributed by atoms with Gasteiger partial charge in [-0.1, -0.05) is 48.3 Å². The van der Waals surface area contributed by atoms with Crippen molar-refractivity contribution in [3.05, 3.63) is 34.3 Å². The van der Waals surface area contributed by atoms with Crippen LogP contribution in [0.15, 0.2) is 28.7 Å². The van der Waals surface area contributed by atoms with Gasteiger partial charge in [0, 0.05) is 16.5 Å². The molecule has 1 aromatic carbocycles. The quantitative estimate of drug-likeness (QED) is 0.741. The Balaban J connectivity index is 2.65. The molecule has 0 heterocycles. The van der Waals surface area contributed by atoms with Gasteiger partial charge in [-0.25, -0.2) is 0 Å². The van der Waals surface area contributed by atoms with Gasteiger partial charge in [-0.2, -0.15) is 0 Å². The molecule has 0 aromatic heterocycles. The first-order valence-electron chi connectivity index (χ1n) is 4.92. The van der Waals surface area contributed by atoms with Crippen LogP contribution in [0.25, 0.3) is 0 Å². The van der Waals surface area contributed by atoms with Crippen molar-refractivity contribution in [1.82, 2.24) is 0 Å². The van der Waals surface area contributed by atoms with Crippen molar-refractivity contribution >= 4 is 21.7 Å². The number of rotatable bonds is 4. The van der Waals surface area contributed by atoms with Crippen molar-refractivity contribution in [1.29, 1.82) is 0 Å². The van der Waals surface area contributed by atoms with E-state index < -0.39 is 0 Å². The Morgan fingerprint density at radius 1 is 1.36 bits per heavy atom. The van der Waals surface area contributed by atoms with Gasteiger partial charge in [0.25, 0.3) is 0 Å². The number of ketones is 1. The second-order valence-corrected chi connectivity index (χ2v) is 4.56. The molecular formula is C12H15BrO. The summed E-state index contributed by atoms with van der Waals surface area (Å²) in [6.45, 7) is 4.22. The molecule has 0 amide bonds. The summed E-state index contributed by atoms with van der Waals surface area (Å²) in [6, 6.07) is 7.55. The molecule has 0 saturated carbocycles. The minimum Gasteiger partial charge on any atom is -0.294 e. The first-order valence-corrected chi connectivity index (χ1v) is 5.71. The normalized spacial score (nSPS) is 12.5. The molecule has 0 spiro atoms. The number of carbonyl (C=O) groups excluding carboxylic acids is 1. The number of carbonyl (C=O) groups is 1. The lowest BCUT2D eigenvalue weighted by Crippen LogP contribution is -2.04. The highest BCUT2D eigenvalue weighted by Crippen LogP contribution is 2.15. The summed E-state index contributed by atoms with van der Waals surface area (Å²) in [6.07, 6.45) is 1.71. The van der Waals surface area contributed by atoms with Gasteiger partial charge in [0.2, 0.25) is 0 Å². The average molecular weight is 255 g/mol. The van der Waals surface area contributed by atoms with Crippen LogP contribution >= 0.6 is 15.9 Å². The fraction of sp³-hybridized carbons (Fsp3) is 0.417. The zero-order valence-corrected chi connectivity index (χ0v) is 10.2. The van der Waals surface area contributed by atoms with Gasteiger partial charge in [-0.15, -0.1) is 0 Å². The van der Waals surface area contributed by atoms with Crippen LogP contribution < -0.4 is 0 Å². The van der Waals surface area contributed by atoms with Crippen LogP contribution in [0.5, 0.6) is 0 Å². The third-order valence-corrected chi connectivity index (χ3v) is 2.93. The Kier molecular flexibility index (Phi) is 4.33. The number of hydrogen-bond donors (Lipinski definition) is 0. The molecule has 76 valence electrons. The highest BCUT2D eigenvalue weighted by Gasteiger charge is 2.09. The van der Waals surface area contributed by atoms with Crippen LogP contribution in [0.4, 0.5) is 0 Å². The first-order chi connectivity index (χ1) is 6.63. The van der Waals surface area contributed by atoms with E-state index in [-0.39, 0.29) is 5.78 Å². The predicted octanol–water partition coefficient (Wildman–Crippen LogP) is 4.07. The maximum Gasteiger partial charge on any atom is 0.163 e. The molecule has 1 nitrogen and oxygen atoms in total. The van der Waals surface area contributed by atoms with E-state index in [0.717, 1.165) is 16.5 Å². The average Bonchev–Trinajstić information content (AvgIpc) is 2.18. The van der Waals surface area contributed by atoms with Crippen molar-refractivity contribution in [2.24, 2.45) is 5.92 Å². The minimum atomic E-state index is 0.242. The molecule has 0 bridgehead atoms. The summed E-state index contributed by atoms with van der Waals surface area (Å²) in [4.78, 5) is 11.7. The maximum atomic E-state index is 11.7. The fourth-order valence-corrected chi connectivity index (χ4v) is 1.48. The lowest BCUT2D eigenvalue weighted by Gasteiger charge is -2.06. The van der Waals surface area contributed by atoms with Crippen molar-refractivity contribution in [2.45, 2.75) is 26.7 Å². The Bertz CT molecular complexity index is 303. The molecule has 0 aliphatic rings. The van der Waals surface area contributed by atoms with Crippen LogP contribution in [0.3, 0.4) is 0 Å². The molecule has 1 atom stereocenters. The Labute approximate surface area is 93.7 Å². The molecule has 0 aliphatic heterocycles. The van der Waals surface area contributed by atoms with Crippen molar-refractivity contribution in [3.8, 4) is 0 Å². The molecule has 14 heavy (non-hydrogen) atoms. The van der Waals surface area contributed by atoms with Crippen LogP contribution in [-0.2, 0) is 0 Å². The van der Waals surface area contributed by atoms with Crippen molar-refractivity contribution in [3.63, 3.8) is 0 Å². The molecule has 2 heteroatoms. The van der Waals surface area contributed by atoms with E-state index in [9.17, 15) is 4.79 Å². The molecule has 0 unspecified atom stereocenters. The first kappa shape index (κ1) is 11.4. The third kappa shape index (κ3) is 3.26. The van der Waals surface area contributed by atoms with E-state index in [1.165, 1.54) is 0 Å². The molecule has 1 aromatic rings. The second kappa shape index (κ2) is 5.30. The van der Waals surface area contributed by atoms with E-state index in [0.29, 0.717) is 12.3 Å². The largest absolute Gasteiger partial charge is 0.294 e. The zero-order valence-electron chi connectivity index (χ0n) is 8.59. The number of halogens is 1. The predicted molar refractivity (Wildman–Crippen MR) is 62.5 cm³/mol. The van der Waals surface area contributed by atoms with Crippen molar-refractivity contribution in [2.75, 3.05) is 0 Å². The monoisotopic (exact) mass is 254 g/mol. The summed E-state index contributed by atoms with van der Waals surface area (Å²) in [5, 5.41) is 0. The van der Waals surface area contributed by atoms with Gasteiger partial charge in [-0.05, 0) is 18.1 Å². The Morgan fingerprint density at radius 3 is 2.43 bits per heavy atom. The highest BCUT2D eigenvalue weighted by atomic mass is 79.9. The van der Waals surface area contributed by atoms with Crippen LogP contribution in [0.2, 0.25) is 0 Å². The summed E-state index contributed by atoms with van der Waals surface area (Å²) in [5.74, 6) is 0.720. The zero-order chi connectivity index (χ0) is 10.6. The molecular weight excluding hydrogens is 240 g/mol. The highest BCUT2D eigenvalue weighted by molar-refractivity contribution is 9.10. The summed E-state index contributed by atoms with van der Waals surface area (Å²) in [7, 11) is 0. The Morgan fingerprint density at radius 2 is 1.93 bits per heavy atom. The summed E-state index contributed by atoms with van der Waals surface area (Å²) in [5.41, 5.74) is 0.813. The van der Waals surface area contributed by atoms with Crippen LogP contribution in [0, 0.1) is 5.92 Å². The lowest BCUT2D eigenvalue weighted by molar-refractivity contribution is 0.0963. The van der Waals surface area contributed by atoms with Gasteiger partial charge in [0.15, 0.2) is 5.78 Å².